The van der Waals surface area contributed by atoms with E-state index in [0.717, 1.165) is 0 Å². The fourth-order valence-electron chi connectivity index (χ4n) is 0.338. The summed E-state index contributed by atoms with van der Waals surface area (Å²) >= 11 is 0. The highest BCUT2D eigenvalue weighted by molar-refractivity contribution is 7.80. The molecule has 0 saturated carbocycles. The highest BCUT2D eigenvalue weighted by atomic mass is 32.3. The maximum absolute atomic E-state index is 10.6. The molecule has 0 aromatic rings. The summed E-state index contributed by atoms with van der Waals surface area (Å²) < 4.78 is 35.5. The van der Waals surface area contributed by atoms with Gasteiger partial charge in [0.2, 0.25) is 0 Å². The number of hydrogen-bond acceptors (Lipinski definition) is 6. The summed E-state index contributed by atoms with van der Waals surface area (Å²) in [7, 11) is -4.80. The van der Waals surface area contributed by atoms with Crippen LogP contribution >= 0.6 is 0 Å². The van der Waals surface area contributed by atoms with Crippen LogP contribution in [-0.4, -0.2) is 24.7 Å². The molecular formula is C5H10O7S. The van der Waals surface area contributed by atoms with Gasteiger partial charge in [-0.1, -0.05) is 0 Å². The first-order chi connectivity index (χ1) is 5.60. The van der Waals surface area contributed by atoms with Gasteiger partial charge < -0.3 is 4.74 Å². The second kappa shape index (κ2) is 3.90. The molecule has 0 rings (SSSR count). The summed E-state index contributed by atoms with van der Waals surface area (Å²) in [4.78, 5) is 14.1. The van der Waals surface area contributed by atoms with Gasteiger partial charge in [0, 0.05) is 0 Å². The Kier molecular flexibility index (Phi) is 3.64. The Balaban J connectivity index is 3.92. The zero-order chi connectivity index (χ0) is 10.7. The molecule has 1 N–H and O–H groups in total. The van der Waals surface area contributed by atoms with E-state index in [1.54, 1.807) is 20.8 Å². The lowest BCUT2D eigenvalue weighted by Crippen LogP contribution is -2.25. The SMILES string of the molecule is CC(C)(C)OC(=O)OOS(=O)(=O)O. The molecule has 78 valence electrons. The lowest BCUT2D eigenvalue weighted by molar-refractivity contribution is -0.181. The zero-order valence-corrected chi connectivity index (χ0v) is 8.12. The fraction of sp³-hybridized carbons (Fsp3) is 0.800. The first kappa shape index (κ1) is 12.1. The van der Waals surface area contributed by atoms with Crippen molar-refractivity contribution in [3.05, 3.63) is 0 Å². The lowest BCUT2D eigenvalue weighted by atomic mass is 10.2. The Labute approximate surface area is 75.5 Å². The maximum atomic E-state index is 10.6. The summed E-state index contributed by atoms with van der Waals surface area (Å²) in [6, 6.07) is 0. The second-order valence-corrected chi connectivity index (χ2v) is 4.04. The fourth-order valence-corrected chi connectivity index (χ4v) is 0.479. The molecule has 0 aliphatic carbocycles. The van der Waals surface area contributed by atoms with E-state index in [1.807, 2.05) is 0 Å². The third-order valence-corrected chi connectivity index (χ3v) is 0.818. The molecule has 0 bridgehead atoms. The Hall–Kier alpha value is -0.860. The van der Waals surface area contributed by atoms with E-state index in [4.69, 9.17) is 4.55 Å². The standard InChI is InChI=1S/C5H10O7S/c1-5(2,3)10-4(6)11-12-13(7,8)9/h1-3H3,(H,7,8,9). The highest BCUT2D eigenvalue weighted by Crippen LogP contribution is 2.08. The van der Waals surface area contributed by atoms with Gasteiger partial charge in [0.1, 0.15) is 5.60 Å². The normalized spacial score (nSPS) is 12.3. The first-order valence-corrected chi connectivity index (χ1v) is 4.53. The Bertz CT molecular complexity index is 272. The summed E-state index contributed by atoms with van der Waals surface area (Å²) in [5.74, 6) is 0. The molecule has 0 saturated heterocycles. The molecule has 0 radical (unpaired) electrons. The van der Waals surface area contributed by atoms with Crippen molar-refractivity contribution in [1.29, 1.82) is 0 Å². The van der Waals surface area contributed by atoms with Crippen LogP contribution in [0.1, 0.15) is 20.8 Å². The average molecular weight is 214 g/mol. The molecule has 0 aromatic carbocycles. The lowest BCUT2D eigenvalue weighted by Gasteiger charge is -2.17. The number of ether oxygens (including phenoxy) is 1. The minimum absolute atomic E-state index is 0.834. The van der Waals surface area contributed by atoms with Crippen LogP contribution in [0.3, 0.4) is 0 Å². The molecule has 0 atom stereocenters. The van der Waals surface area contributed by atoms with Crippen LogP contribution in [-0.2, 0) is 24.4 Å². The molecular weight excluding hydrogens is 204 g/mol. The molecule has 0 unspecified atom stereocenters. The molecule has 8 heteroatoms. The molecule has 13 heavy (non-hydrogen) atoms. The van der Waals surface area contributed by atoms with Crippen molar-refractivity contribution in [1.82, 2.24) is 0 Å². The number of hydrogen-bond donors (Lipinski definition) is 1. The van der Waals surface area contributed by atoms with Crippen molar-refractivity contribution in [3.8, 4) is 0 Å². The highest BCUT2D eigenvalue weighted by Gasteiger charge is 2.20. The van der Waals surface area contributed by atoms with E-state index in [1.165, 1.54) is 0 Å². The molecule has 0 heterocycles. The van der Waals surface area contributed by atoms with E-state index in [2.05, 4.69) is 14.0 Å². The van der Waals surface area contributed by atoms with Crippen LogP contribution in [0, 0.1) is 0 Å². The van der Waals surface area contributed by atoms with Crippen molar-refractivity contribution in [2.24, 2.45) is 0 Å². The first-order valence-electron chi connectivity index (χ1n) is 3.17. The van der Waals surface area contributed by atoms with Gasteiger partial charge in [0.15, 0.2) is 0 Å². The molecule has 0 aliphatic heterocycles. The van der Waals surface area contributed by atoms with Crippen molar-refractivity contribution in [3.63, 3.8) is 0 Å². The number of carbonyl (C=O) groups excluding carboxylic acids is 1. The van der Waals surface area contributed by atoms with Crippen LogP contribution in [0.5, 0.6) is 0 Å². The average Bonchev–Trinajstić information content (AvgIpc) is 1.78. The molecule has 0 amide bonds. The van der Waals surface area contributed by atoms with E-state index in [0.29, 0.717) is 0 Å². The predicted molar refractivity (Wildman–Crippen MR) is 40.0 cm³/mol. The molecule has 0 spiro atoms. The van der Waals surface area contributed by atoms with Gasteiger partial charge in [-0.25, -0.2) is 9.68 Å². The number of rotatable bonds is 2. The van der Waals surface area contributed by atoms with Crippen LogP contribution in [0.25, 0.3) is 0 Å². The Morgan fingerprint density at radius 3 is 2.08 bits per heavy atom. The summed E-state index contributed by atoms with van der Waals surface area (Å²) in [6.07, 6.45) is -1.36. The van der Waals surface area contributed by atoms with Crippen LogP contribution in [0.4, 0.5) is 4.79 Å². The zero-order valence-electron chi connectivity index (χ0n) is 7.30. The minimum atomic E-state index is -4.80. The summed E-state index contributed by atoms with van der Waals surface area (Å²) in [5.41, 5.74) is -0.834. The van der Waals surface area contributed by atoms with Crippen LogP contribution in [0.2, 0.25) is 0 Å². The predicted octanol–water partition coefficient (Wildman–Crippen LogP) is 0.673. The van der Waals surface area contributed by atoms with E-state index >= 15 is 0 Å². The molecule has 0 aromatic heterocycles. The van der Waals surface area contributed by atoms with E-state index in [9.17, 15) is 13.2 Å². The van der Waals surface area contributed by atoms with Crippen LogP contribution < -0.4 is 0 Å². The summed E-state index contributed by atoms with van der Waals surface area (Å²) in [5, 5.41) is 0. The van der Waals surface area contributed by atoms with Gasteiger partial charge in [0.25, 0.3) is 0 Å². The summed E-state index contributed by atoms with van der Waals surface area (Å²) in [6.45, 7) is 4.63. The maximum Gasteiger partial charge on any atom is 0.542 e. The third-order valence-electron chi connectivity index (χ3n) is 0.578. The van der Waals surface area contributed by atoms with E-state index in [-0.39, 0.29) is 0 Å². The van der Waals surface area contributed by atoms with Crippen LogP contribution in [0.15, 0.2) is 0 Å². The monoisotopic (exact) mass is 214 g/mol. The van der Waals surface area contributed by atoms with Crippen molar-refractivity contribution in [2.75, 3.05) is 0 Å². The minimum Gasteiger partial charge on any atom is -0.427 e. The van der Waals surface area contributed by atoms with Gasteiger partial charge in [-0.05, 0) is 25.1 Å². The van der Waals surface area contributed by atoms with Crippen molar-refractivity contribution in [2.45, 2.75) is 26.4 Å². The van der Waals surface area contributed by atoms with Gasteiger partial charge in [-0.3, -0.25) is 4.55 Å². The Morgan fingerprint density at radius 1 is 1.31 bits per heavy atom. The topological polar surface area (TPSA) is 99.1 Å². The molecule has 0 aliphatic rings. The van der Waals surface area contributed by atoms with E-state index < -0.39 is 22.2 Å². The largest absolute Gasteiger partial charge is 0.542 e. The van der Waals surface area contributed by atoms with Gasteiger partial charge in [-0.2, -0.15) is 8.42 Å². The van der Waals surface area contributed by atoms with Crippen molar-refractivity contribution < 1.29 is 31.7 Å². The second-order valence-electron chi connectivity index (χ2n) is 3.04. The Morgan fingerprint density at radius 2 is 1.77 bits per heavy atom. The van der Waals surface area contributed by atoms with Gasteiger partial charge >= 0.3 is 16.6 Å². The number of carbonyl (C=O) groups is 1. The smallest absolute Gasteiger partial charge is 0.427 e. The van der Waals surface area contributed by atoms with Gasteiger partial charge in [0.05, 0.1) is 0 Å². The molecule has 0 fully saturated rings. The quantitative estimate of drug-likeness (QED) is 0.312. The van der Waals surface area contributed by atoms with Crippen molar-refractivity contribution >= 4 is 16.6 Å². The van der Waals surface area contributed by atoms with Gasteiger partial charge in [-0.15, -0.1) is 0 Å². The molecule has 7 nitrogen and oxygen atoms in total. The third kappa shape index (κ3) is 9.05.